The average molecular weight is 401 g/mol. The van der Waals surface area contributed by atoms with Crippen molar-refractivity contribution < 1.29 is 4.74 Å². The molecule has 0 amide bonds. The molecule has 0 bridgehead atoms. The summed E-state index contributed by atoms with van der Waals surface area (Å²) in [6.45, 7) is 4.51. The van der Waals surface area contributed by atoms with E-state index in [1.165, 1.54) is 11.1 Å². The SMILES string of the molecule is Cc1cc(C)cc(OCC2=CCSc3sc4cc(Cl)ccc4c(=O)c32)c1. The standard InChI is InChI=1S/C21H17ClO2S2/c1-12-7-13(2)9-16(8-12)24-11-14-5-6-25-21-19(14)20(23)17-4-3-15(22)10-18(17)26-21/h3-5,7-10H,6,11H2,1-2H3. The van der Waals surface area contributed by atoms with Crippen molar-refractivity contribution in [2.75, 3.05) is 12.4 Å². The molecule has 26 heavy (non-hydrogen) atoms. The van der Waals surface area contributed by atoms with Crippen LogP contribution < -0.4 is 10.2 Å². The number of ether oxygens (including phenoxy) is 1. The van der Waals surface area contributed by atoms with Crippen LogP contribution in [0.3, 0.4) is 0 Å². The fraction of sp³-hybridized carbons (Fsp3) is 0.190. The minimum absolute atomic E-state index is 0.0629. The normalized spacial score (nSPS) is 13.4. The van der Waals surface area contributed by atoms with Gasteiger partial charge in [-0.2, -0.15) is 0 Å². The Morgan fingerprint density at radius 3 is 2.65 bits per heavy atom. The first kappa shape index (κ1) is 17.7. The largest absolute Gasteiger partial charge is 0.489 e. The highest BCUT2D eigenvalue weighted by Crippen LogP contribution is 2.38. The highest BCUT2D eigenvalue weighted by Gasteiger charge is 2.20. The molecule has 0 saturated heterocycles. The molecule has 4 rings (SSSR count). The van der Waals surface area contributed by atoms with Crippen molar-refractivity contribution in [3.8, 4) is 5.75 Å². The van der Waals surface area contributed by atoms with Gasteiger partial charge in [-0.05, 0) is 60.9 Å². The first-order valence-corrected chi connectivity index (χ1v) is 10.5. The van der Waals surface area contributed by atoms with Gasteiger partial charge in [0, 0.05) is 20.9 Å². The van der Waals surface area contributed by atoms with E-state index in [1.54, 1.807) is 29.2 Å². The Hall–Kier alpha value is -1.75. The van der Waals surface area contributed by atoms with Gasteiger partial charge in [0.05, 0.1) is 9.77 Å². The molecule has 0 spiro atoms. The Balaban J connectivity index is 1.71. The van der Waals surface area contributed by atoms with Crippen LogP contribution in [0, 0.1) is 13.8 Å². The van der Waals surface area contributed by atoms with Crippen LogP contribution >= 0.6 is 34.7 Å². The summed E-state index contributed by atoms with van der Waals surface area (Å²) in [5.41, 5.74) is 4.15. The number of hydrogen-bond acceptors (Lipinski definition) is 4. The van der Waals surface area contributed by atoms with Crippen molar-refractivity contribution in [2.45, 2.75) is 18.1 Å². The fourth-order valence-electron chi connectivity index (χ4n) is 3.15. The van der Waals surface area contributed by atoms with Gasteiger partial charge in [-0.1, -0.05) is 23.7 Å². The van der Waals surface area contributed by atoms with Crippen LogP contribution in [-0.4, -0.2) is 12.4 Å². The molecule has 0 radical (unpaired) electrons. The second kappa shape index (κ2) is 7.10. The van der Waals surface area contributed by atoms with Crippen LogP contribution in [-0.2, 0) is 0 Å². The van der Waals surface area contributed by atoms with E-state index in [-0.39, 0.29) is 5.43 Å². The van der Waals surface area contributed by atoms with Gasteiger partial charge < -0.3 is 4.74 Å². The van der Waals surface area contributed by atoms with E-state index in [4.69, 9.17) is 16.3 Å². The topological polar surface area (TPSA) is 26.3 Å². The molecule has 2 nitrogen and oxygen atoms in total. The Labute approximate surface area is 165 Å². The molecule has 132 valence electrons. The van der Waals surface area contributed by atoms with E-state index in [9.17, 15) is 4.79 Å². The van der Waals surface area contributed by atoms with Crippen molar-refractivity contribution in [2.24, 2.45) is 0 Å². The quantitative estimate of drug-likeness (QED) is 0.531. The zero-order chi connectivity index (χ0) is 18.3. The van der Waals surface area contributed by atoms with Gasteiger partial charge >= 0.3 is 0 Å². The van der Waals surface area contributed by atoms with Crippen molar-refractivity contribution in [1.82, 2.24) is 0 Å². The summed E-state index contributed by atoms with van der Waals surface area (Å²) in [7, 11) is 0. The fourth-order valence-corrected chi connectivity index (χ4v) is 5.89. The Morgan fingerprint density at radius 2 is 1.88 bits per heavy atom. The van der Waals surface area contributed by atoms with Gasteiger partial charge in [0.15, 0.2) is 5.43 Å². The van der Waals surface area contributed by atoms with Crippen LogP contribution in [0.4, 0.5) is 0 Å². The third kappa shape index (κ3) is 3.41. The van der Waals surface area contributed by atoms with Gasteiger partial charge in [-0.25, -0.2) is 0 Å². The second-order valence-corrected chi connectivity index (χ2v) is 9.16. The zero-order valence-electron chi connectivity index (χ0n) is 14.5. The summed E-state index contributed by atoms with van der Waals surface area (Å²) >= 11 is 9.42. The molecule has 0 N–H and O–H groups in total. The zero-order valence-corrected chi connectivity index (χ0v) is 16.9. The van der Waals surface area contributed by atoms with Gasteiger partial charge in [0.2, 0.25) is 0 Å². The van der Waals surface area contributed by atoms with Crippen LogP contribution in [0.15, 0.2) is 51.5 Å². The maximum absolute atomic E-state index is 13.1. The smallest absolute Gasteiger partial charge is 0.196 e. The molecule has 0 fully saturated rings. The van der Waals surface area contributed by atoms with Crippen molar-refractivity contribution in [3.63, 3.8) is 0 Å². The van der Waals surface area contributed by atoms with Crippen LogP contribution in [0.1, 0.15) is 16.7 Å². The Morgan fingerprint density at radius 1 is 1.12 bits per heavy atom. The molecule has 0 atom stereocenters. The molecule has 2 heterocycles. The molecule has 5 heteroatoms. The number of benzene rings is 2. The van der Waals surface area contributed by atoms with Gasteiger partial charge in [0.25, 0.3) is 0 Å². The molecule has 2 aromatic carbocycles. The lowest BCUT2D eigenvalue weighted by Crippen LogP contribution is -2.15. The Bertz CT molecular complexity index is 1080. The molecule has 0 saturated carbocycles. The number of aryl methyl sites for hydroxylation is 2. The monoisotopic (exact) mass is 400 g/mol. The third-order valence-corrected chi connectivity index (χ3v) is 6.86. The minimum Gasteiger partial charge on any atom is -0.489 e. The van der Waals surface area contributed by atoms with E-state index in [2.05, 4.69) is 26.0 Å². The molecule has 0 unspecified atom stereocenters. The van der Waals surface area contributed by atoms with Crippen LogP contribution in [0.5, 0.6) is 5.75 Å². The summed E-state index contributed by atoms with van der Waals surface area (Å²) in [5, 5.41) is 1.38. The van der Waals surface area contributed by atoms with E-state index in [0.29, 0.717) is 11.6 Å². The molecular weight excluding hydrogens is 384 g/mol. The van der Waals surface area contributed by atoms with Crippen LogP contribution in [0.25, 0.3) is 15.7 Å². The lowest BCUT2D eigenvalue weighted by atomic mass is 10.1. The number of thioether (sulfide) groups is 1. The summed E-state index contributed by atoms with van der Waals surface area (Å²) in [4.78, 5) is 13.1. The summed E-state index contributed by atoms with van der Waals surface area (Å²) < 4.78 is 8.00. The highest BCUT2D eigenvalue weighted by atomic mass is 35.5. The van der Waals surface area contributed by atoms with Gasteiger partial charge in [-0.15, -0.1) is 23.1 Å². The van der Waals surface area contributed by atoms with E-state index < -0.39 is 0 Å². The maximum atomic E-state index is 13.1. The van der Waals surface area contributed by atoms with Crippen LogP contribution in [0.2, 0.25) is 5.02 Å². The molecular formula is C21H17ClO2S2. The lowest BCUT2D eigenvalue weighted by molar-refractivity contribution is 0.369. The van der Waals surface area contributed by atoms with E-state index in [0.717, 1.165) is 36.9 Å². The van der Waals surface area contributed by atoms with Crippen molar-refractivity contribution in [3.05, 3.63) is 74.4 Å². The Kier molecular flexibility index (Phi) is 4.82. The summed E-state index contributed by atoms with van der Waals surface area (Å²) in [5.74, 6) is 1.69. The molecule has 0 aliphatic carbocycles. The number of halogens is 1. The summed E-state index contributed by atoms with van der Waals surface area (Å²) in [6.07, 6.45) is 2.10. The molecule has 1 aliphatic heterocycles. The first-order chi connectivity index (χ1) is 12.5. The van der Waals surface area contributed by atoms with Crippen molar-refractivity contribution >= 4 is 50.4 Å². The molecule has 3 aromatic rings. The number of fused-ring (bicyclic) bond motifs is 2. The minimum atomic E-state index is 0.0629. The number of hydrogen-bond donors (Lipinski definition) is 0. The van der Waals surface area contributed by atoms with Crippen molar-refractivity contribution in [1.29, 1.82) is 0 Å². The predicted molar refractivity (Wildman–Crippen MR) is 113 cm³/mol. The highest BCUT2D eigenvalue weighted by molar-refractivity contribution is 8.01. The molecule has 1 aromatic heterocycles. The second-order valence-electron chi connectivity index (χ2n) is 6.39. The lowest BCUT2D eigenvalue weighted by Gasteiger charge is -2.18. The average Bonchev–Trinajstić information content (AvgIpc) is 2.58. The first-order valence-electron chi connectivity index (χ1n) is 8.31. The maximum Gasteiger partial charge on any atom is 0.196 e. The number of rotatable bonds is 3. The van der Waals surface area contributed by atoms with Gasteiger partial charge in [0.1, 0.15) is 12.4 Å². The predicted octanol–water partition coefficient (Wildman–Crippen LogP) is 6.10. The van der Waals surface area contributed by atoms with Gasteiger partial charge in [-0.3, -0.25) is 4.79 Å². The van der Waals surface area contributed by atoms with E-state index in [1.807, 2.05) is 24.3 Å². The summed E-state index contributed by atoms with van der Waals surface area (Å²) in [6, 6.07) is 11.6. The molecule has 1 aliphatic rings. The third-order valence-electron chi connectivity index (χ3n) is 4.28. The van der Waals surface area contributed by atoms with E-state index >= 15 is 0 Å².